The monoisotopic (exact) mass is 373 g/mol. The van der Waals surface area contributed by atoms with Gasteiger partial charge in [-0.25, -0.2) is 4.98 Å². The lowest BCUT2D eigenvalue weighted by atomic mass is 9.80. The molecule has 2 aromatic rings. The largest absolute Gasteiger partial charge is 0.504 e. The predicted octanol–water partition coefficient (Wildman–Crippen LogP) is 3.08. The van der Waals surface area contributed by atoms with Crippen molar-refractivity contribution in [2.75, 3.05) is 0 Å². The standard InChI is InChI=1S/C16H19BF3NO3S/c1-14(2,22)15(3,4)24-17(23)13-12(21-9-25-13)10-6-5-7-11(8-10)16(18,19)20/h5-9,22-23H,1-4H3. The maximum absolute atomic E-state index is 12.9. The lowest BCUT2D eigenvalue weighted by Crippen LogP contribution is -2.53. The van der Waals surface area contributed by atoms with Crippen LogP contribution in [-0.4, -0.2) is 33.4 Å². The fourth-order valence-corrected chi connectivity index (χ4v) is 2.69. The van der Waals surface area contributed by atoms with Crippen LogP contribution in [-0.2, 0) is 10.8 Å². The maximum atomic E-state index is 12.9. The van der Waals surface area contributed by atoms with E-state index in [-0.39, 0.29) is 16.0 Å². The molecule has 0 aliphatic heterocycles. The fraction of sp³-hybridized carbons (Fsp3) is 0.438. The molecule has 0 saturated heterocycles. The SMILES string of the molecule is CC(C)(O)C(C)(C)OB(O)c1scnc1-c1cccc(C(F)(F)F)c1. The van der Waals surface area contributed by atoms with Crippen LogP contribution in [0, 0.1) is 0 Å². The second kappa shape index (κ2) is 6.72. The van der Waals surface area contributed by atoms with Gasteiger partial charge in [0, 0.05) is 5.56 Å². The van der Waals surface area contributed by atoms with Gasteiger partial charge >= 0.3 is 13.3 Å². The number of hydrogen-bond donors (Lipinski definition) is 2. The Morgan fingerprint density at radius 3 is 2.36 bits per heavy atom. The van der Waals surface area contributed by atoms with E-state index in [1.807, 2.05) is 0 Å². The van der Waals surface area contributed by atoms with Crippen LogP contribution in [0.2, 0.25) is 0 Å². The van der Waals surface area contributed by atoms with Crippen LogP contribution in [0.5, 0.6) is 0 Å². The van der Waals surface area contributed by atoms with E-state index in [0.29, 0.717) is 0 Å². The van der Waals surface area contributed by atoms with E-state index < -0.39 is 30.1 Å². The first-order valence-electron chi connectivity index (χ1n) is 7.52. The number of nitrogens with zero attached hydrogens (tertiary/aromatic N) is 1. The highest BCUT2D eigenvalue weighted by Gasteiger charge is 2.41. The molecule has 136 valence electrons. The first kappa shape index (κ1) is 19.9. The summed E-state index contributed by atoms with van der Waals surface area (Å²) >= 11 is 1.07. The van der Waals surface area contributed by atoms with Crippen molar-refractivity contribution in [3.05, 3.63) is 35.3 Å². The number of alkyl halides is 3. The molecular formula is C16H19BF3NO3S. The summed E-state index contributed by atoms with van der Waals surface area (Å²) in [6, 6.07) is 4.73. The summed E-state index contributed by atoms with van der Waals surface area (Å²) in [5.74, 6) is 0. The Bertz CT molecular complexity index is 741. The van der Waals surface area contributed by atoms with Crippen molar-refractivity contribution in [3.8, 4) is 11.3 Å². The molecule has 0 saturated carbocycles. The molecule has 9 heteroatoms. The van der Waals surface area contributed by atoms with Crippen molar-refractivity contribution in [1.82, 2.24) is 4.98 Å². The van der Waals surface area contributed by atoms with E-state index >= 15 is 0 Å². The first-order chi connectivity index (χ1) is 11.3. The molecule has 0 amide bonds. The molecule has 0 spiro atoms. The van der Waals surface area contributed by atoms with Crippen molar-refractivity contribution in [2.45, 2.75) is 45.1 Å². The zero-order chi connectivity index (χ0) is 19.0. The third-order valence-electron chi connectivity index (χ3n) is 4.16. The molecule has 4 nitrogen and oxygen atoms in total. The molecule has 0 unspecified atom stereocenters. The van der Waals surface area contributed by atoms with Gasteiger partial charge in [0.1, 0.15) is 0 Å². The number of aliphatic hydroxyl groups is 1. The maximum Gasteiger partial charge on any atom is 0.504 e. The second-order valence-corrected chi connectivity index (χ2v) is 7.57. The van der Waals surface area contributed by atoms with E-state index in [0.717, 1.165) is 23.5 Å². The Kier molecular flexibility index (Phi) is 5.35. The molecule has 1 aromatic carbocycles. The molecule has 0 aliphatic carbocycles. The van der Waals surface area contributed by atoms with Crippen molar-refractivity contribution in [3.63, 3.8) is 0 Å². The van der Waals surface area contributed by atoms with Crippen molar-refractivity contribution < 1.29 is 28.0 Å². The summed E-state index contributed by atoms with van der Waals surface area (Å²) in [5.41, 5.74) is -1.26. The average Bonchev–Trinajstić information content (AvgIpc) is 2.94. The zero-order valence-corrected chi connectivity index (χ0v) is 15.1. The first-order valence-corrected chi connectivity index (χ1v) is 8.40. The van der Waals surface area contributed by atoms with Gasteiger partial charge in [-0.2, -0.15) is 13.2 Å². The number of aromatic nitrogens is 1. The minimum atomic E-state index is -4.47. The van der Waals surface area contributed by atoms with E-state index in [2.05, 4.69) is 4.98 Å². The highest BCUT2D eigenvalue weighted by molar-refractivity contribution is 7.21. The number of thiazole rings is 1. The molecule has 0 aliphatic rings. The van der Waals surface area contributed by atoms with Gasteiger partial charge in [-0.3, -0.25) is 0 Å². The third-order valence-corrected chi connectivity index (χ3v) is 5.02. The summed E-state index contributed by atoms with van der Waals surface area (Å²) in [7, 11) is -1.43. The molecule has 1 aromatic heterocycles. The minimum Gasteiger partial charge on any atom is -0.422 e. The third kappa shape index (κ3) is 4.41. The normalized spacial score (nSPS) is 13.2. The number of hydrogen-bond acceptors (Lipinski definition) is 5. The van der Waals surface area contributed by atoms with E-state index in [1.165, 1.54) is 17.6 Å². The summed E-state index contributed by atoms with van der Waals surface area (Å²) < 4.78 is 44.5. The quantitative estimate of drug-likeness (QED) is 0.791. The highest BCUT2D eigenvalue weighted by atomic mass is 32.1. The van der Waals surface area contributed by atoms with Gasteiger partial charge in [-0.1, -0.05) is 12.1 Å². The smallest absolute Gasteiger partial charge is 0.422 e. The Hall–Kier alpha value is -1.42. The van der Waals surface area contributed by atoms with Gasteiger partial charge in [0.2, 0.25) is 0 Å². The molecule has 1 heterocycles. The average molecular weight is 373 g/mol. The highest BCUT2D eigenvalue weighted by Crippen LogP contribution is 2.32. The van der Waals surface area contributed by atoms with Gasteiger partial charge in [0.05, 0.1) is 32.7 Å². The second-order valence-electron chi connectivity index (χ2n) is 6.68. The lowest BCUT2D eigenvalue weighted by molar-refractivity contribution is -0.137. The molecule has 0 fully saturated rings. The van der Waals surface area contributed by atoms with Crippen LogP contribution in [0.25, 0.3) is 11.3 Å². The number of halogens is 3. The molecule has 25 heavy (non-hydrogen) atoms. The summed E-state index contributed by atoms with van der Waals surface area (Å²) in [6.07, 6.45) is -4.47. The number of rotatable bonds is 5. The minimum absolute atomic E-state index is 0.218. The van der Waals surface area contributed by atoms with Gasteiger partial charge in [0.25, 0.3) is 0 Å². The van der Waals surface area contributed by atoms with Gasteiger partial charge in [-0.15, -0.1) is 11.3 Å². The molecular weight excluding hydrogens is 354 g/mol. The van der Waals surface area contributed by atoms with Crippen LogP contribution >= 0.6 is 11.3 Å². The van der Waals surface area contributed by atoms with E-state index in [9.17, 15) is 23.3 Å². The molecule has 2 rings (SSSR count). The molecule has 0 radical (unpaired) electrons. The zero-order valence-electron chi connectivity index (χ0n) is 14.3. The summed E-state index contributed by atoms with van der Waals surface area (Å²) in [4.78, 5) is 4.07. The van der Waals surface area contributed by atoms with Gasteiger partial charge in [0.15, 0.2) is 0 Å². The van der Waals surface area contributed by atoms with Crippen molar-refractivity contribution in [1.29, 1.82) is 0 Å². The lowest BCUT2D eigenvalue weighted by Gasteiger charge is -2.38. The van der Waals surface area contributed by atoms with Crippen LogP contribution in [0.3, 0.4) is 0 Å². The molecule has 0 bridgehead atoms. The fourth-order valence-electron chi connectivity index (χ4n) is 1.97. The van der Waals surface area contributed by atoms with Crippen molar-refractivity contribution in [2.24, 2.45) is 0 Å². The van der Waals surface area contributed by atoms with Crippen LogP contribution < -0.4 is 4.78 Å². The van der Waals surface area contributed by atoms with E-state index in [4.69, 9.17) is 4.65 Å². The van der Waals surface area contributed by atoms with Gasteiger partial charge < -0.3 is 14.8 Å². The van der Waals surface area contributed by atoms with Crippen LogP contribution in [0.1, 0.15) is 33.3 Å². The molecule has 0 atom stereocenters. The Morgan fingerprint density at radius 1 is 1.16 bits per heavy atom. The Morgan fingerprint density at radius 2 is 1.80 bits per heavy atom. The van der Waals surface area contributed by atoms with Crippen LogP contribution in [0.15, 0.2) is 29.8 Å². The summed E-state index contributed by atoms with van der Waals surface area (Å²) in [5, 5.41) is 20.5. The van der Waals surface area contributed by atoms with Crippen LogP contribution in [0.4, 0.5) is 13.2 Å². The number of benzene rings is 1. The van der Waals surface area contributed by atoms with Gasteiger partial charge in [-0.05, 0) is 39.8 Å². The predicted molar refractivity (Wildman–Crippen MR) is 91.6 cm³/mol. The van der Waals surface area contributed by atoms with E-state index in [1.54, 1.807) is 27.7 Å². The molecule has 2 N–H and O–H groups in total. The topological polar surface area (TPSA) is 62.6 Å². The van der Waals surface area contributed by atoms with Crippen molar-refractivity contribution >= 4 is 23.2 Å². The summed E-state index contributed by atoms with van der Waals surface area (Å²) in [6.45, 7) is 6.31. The Balaban J connectivity index is 2.35. The Labute approximate surface area is 148 Å².